The van der Waals surface area contributed by atoms with Gasteiger partial charge in [0.25, 0.3) is 0 Å². The third-order valence-electron chi connectivity index (χ3n) is 2.62. The van der Waals surface area contributed by atoms with E-state index in [2.05, 4.69) is 17.1 Å². The molecule has 1 aromatic carbocycles. The van der Waals surface area contributed by atoms with Crippen LogP contribution in [0.15, 0.2) is 29.4 Å². The van der Waals surface area contributed by atoms with Crippen LogP contribution in [0.5, 0.6) is 5.75 Å². The first-order valence-electron chi connectivity index (χ1n) is 5.93. The molecule has 0 amide bonds. The van der Waals surface area contributed by atoms with Crippen LogP contribution < -0.4 is 4.74 Å². The lowest BCUT2D eigenvalue weighted by Crippen LogP contribution is -1.95. The van der Waals surface area contributed by atoms with Gasteiger partial charge in [-0.1, -0.05) is 18.7 Å². The maximum absolute atomic E-state index is 5.15. The molecule has 0 N–H and O–H groups in total. The van der Waals surface area contributed by atoms with E-state index in [1.54, 1.807) is 18.9 Å². The second kappa shape index (κ2) is 5.91. The molecule has 0 atom stereocenters. The Morgan fingerprint density at radius 1 is 1.22 bits per heavy atom. The Hall–Kier alpha value is -1.49. The molecule has 18 heavy (non-hydrogen) atoms. The largest absolute Gasteiger partial charge is 0.497 e. The van der Waals surface area contributed by atoms with Crippen molar-refractivity contribution in [3.05, 3.63) is 24.3 Å². The van der Waals surface area contributed by atoms with Crippen molar-refractivity contribution >= 4 is 11.8 Å². The van der Waals surface area contributed by atoms with Crippen molar-refractivity contribution in [2.45, 2.75) is 18.5 Å². The zero-order chi connectivity index (χ0) is 13.0. The first kappa shape index (κ1) is 13.0. The van der Waals surface area contributed by atoms with Crippen molar-refractivity contribution in [3.8, 4) is 17.1 Å². The summed E-state index contributed by atoms with van der Waals surface area (Å²) in [6.07, 6.45) is 1.13. The van der Waals surface area contributed by atoms with Crippen LogP contribution in [-0.2, 0) is 7.05 Å². The van der Waals surface area contributed by atoms with Gasteiger partial charge in [0.1, 0.15) is 5.75 Å². The lowest BCUT2D eigenvalue weighted by atomic mass is 10.2. The summed E-state index contributed by atoms with van der Waals surface area (Å²) in [5.74, 6) is 2.80. The van der Waals surface area contributed by atoms with Crippen LogP contribution in [0.25, 0.3) is 11.4 Å². The fourth-order valence-corrected chi connectivity index (χ4v) is 2.39. The van der Waals surface area contributed by atoms with Crippen LogP contribution >= 0.6 is 11.8 Å². The van der Waals surface area contributed by atoms with Gasteiger partial charge in [-0.2, -0.15) is 0 Å². The van der Waals surface area contributed by atoms with E-state index in [9.17, 15) is 0 Å². The Labute approximate surface area is 111 Å². The molecule has 0 spiro atoms. The number of rotatable bonds is 5. The molecular weight excluding hydrogens is 246 g/mol. The molecule has 1 heterocycles. The van der Waals surface area contributed by atoms with Crippen LogP contribution in [0.2, 0.25) is 0 Å². The highest BCUT2D eigenvalue weighted by atomic mass is 32.2. The number of methoxy groups -OCH3 is 1. The second-order valence-corrected chi connectivity index (χ2v) is 5.00. The van der Waals surface area contributed by atoms with Gasteiger partial charge in [-0.05, 0) is 30.7 Å². The highest BCUT2D eigenvalue weighted by molar-refractivity contribution is 7.99. The smallest absolute Gasteiger partial charge is 0.191 e. The van der Waals surface area contributed by atoms with Crippen LogP contribution in [0, 0.1) is 0 Å². The van der Waals surface area contributed by atoms with Gasteiger partial charge >= 0.3 is 0 Å². The predicted molar refractivity (Wildman–Crippen MR) is 74.0 cm³/mol. The third-order valence-corrected chi connectivity index (χ3v) is 3.84. The summed E-state index contributed by atoms with van der Waals surface area (Å²) in [6, 6.07) is 7.86. The summed E-state index contributed by atoms with van der Waals surface area (Å²) in [7, 11) is 3.66. The van der Waals surface area contributed by atoms with Crippen LogP contribution in [-0.4, -0.2) is 27.6 Å². The summed E-state index contributed by atoms with van der Waals surface area (Å²) in [6.45, 7) is 2.16. The minimum Gasteiger partial charge on any atom is -0.497 e. The molecule has 1 aromatic heterocycles. The molecule has 0 aliphatic heterocycles. The fourth-order valence-electron chi connectivity index (χ4n) is 1.63. The molecule has 0 bridgehead atoms. The summed E-state index contributed by atoms with van der Waals surface area (Å²) in [4.78, 5) is 0. The van der Waals surface area contributed by atoms with Crippen molar-refractivity contribution in [1.82, 2.24) is 14.8 Å². The third kappa shape index (κ3) is 2.67. The number of hydrogen-bond donors (Lipinski definition) is 0. The molecule has 0 aliphatic carbocycles. The highest BCUT2D eigenvalue weighted by Gasteiger charge is 2.10. The number of aromatic nitrogens is 3. The van der Waals surface area contributed by atoms with Crippen molar-refractivity contribution in [2.75, 3.05) is 12.9 Å². The zero-order valence-corrected chi connectivity index (χ0v) is 11.7. The first-order valence-corrected chi connectivity index (χ1v) is 6.91. The summed E-state index contributed by atoms with van der Waals surface area (Å²) in [5.41, 5.74) is 1.05. The Balaban J connectivity index is 2.24. The number of ether oxygens (including phenoxy) is 1. The molecule has 5 heteroatoms. The lowest BCUT2D eigenvalue weighted by Gasteiger charge is -2.04. The van der Waals surface area contributed by atoms with Gasteiger partial charge in [-0.15, -0.1) is 10.2 Å². The van der Waals surface area contributed by atoms with E-state index in [1.807, 2.05) is 35.9 Å². The van der Waals surface area contributed by atoms with E-state index < -0.39 is 0 Å². The van der Waals surface area contributed by atoms with Gasteiger partial charge < -0.3 is 9.30 Å². The quantitative estimate of drug-likeness (QED) is 0.777. The lowest BCUT2D eigenvalue weighted by molar-refractivity contribution is 0.415. The molecule has 96 valence electrons. The number of thioether (sulfide) groups is 1. The first-order chi connectivity index (χ1) is 8.76. The van der Waals surface area contributed by atoms with Crippen LogP contribution in [0.3, 0.4) is 0 Å². The van der Waals surface area contributed by atoms with Crippen LogP contribution in [0.4, 0.5) is 0 Å². The van der Waals surface area contributed by atoms with Gasteiger partial charge in [0.15, 0.2) is 11.0 Å². The minimum atomic E-state index is 0.849. The topological polar surface area (TPSA) is 39.9 Å². The van der Waals surface area contributed by atoms with E-state index in [1.165, 1.54) is 0 Å². The van der Waals surface area contributed by atoms with Gasteiger partial charge in [-0.3, -0.25) is 0 Å². The van der Waals surface area contributed by atoms with E-state index in [0.717, 1.165) is 34.5 Å². The molecule has 2 aromatic rings. The average Bonchev–Trinajstić information content (AvgIpc) is 2.78. The number of hydrogen-bond acceptors (Lipinski definition) is 4. The van der Waals surface area contributed by atoms with E-state index in [-0.39, 0.29) is 0 Å². The average molecular weight is 263 g/mol. The summed E-state index contributed by atoms with van der Waals surface area (Å²) in [5, 5.41) is 9.42. The molecule has 0 radical (unpaired) electrons. The highest BCUT2D eigenvalue weighted by Crippen LogP contribution is 2.24. The Bertz CT molecular complexity index is 507. The molecular formula is C13H17N3OS. The maximum Gasteiger partial charge on any atom is 0.191 e. The Morgan fingerprint density at radius 3 is 2.56 bits per heavy atom. The van der Waals surface area contributed by atoms with Crippen molar-refractivity contribution in [2.24, 2.45) is 7.05 Å². The maximum atomic E-state index is 5.15. The molecule has 0 aliphatic rings. The molecule has 0 saturated heterocycles. The fraction of sp³-hybridized carbons (Fsp3) is 0.385. The Kier molecular flexibility index (Phi) is 4.25. The second-order valence-electron chi connectivity index (χ2n) is 3.94. The van der Waals surface area contributed by atoms with Gasteiger partial charge in [-0.25, -0.2) is 0 Å². The summed E-state index contributed by atoms with van der Waals surface area (Å²) >= 11 is 1.73. The SMILES string of the molecule is CCCSc1nnc(-c2ccc(OC)cc2)n1C. The van der Waals surface area contributed by atoms with Crippen molar-refractivity contribution in [3.63, 3.8) is 0 Å². The molecule has 0 fully saturated rings. The van der Waals surface area contributed by atoms with E-state index >= 15 is 0 Å². The molecule has 0 saturated carbocycles. The van der Waals surface area contributed by atoms with Gasteiger partial charge in [0, 0.05) is 18.4 Å². The number of nitrogens with zero attached hydrogens (tertiary/aromatic N) is 3. The standard InChI is InChI=1S/C13H17N3OS/c1-4-9-18-13-15-14-12(16(13)2)10-5-7-11(17-3)8-6-10/h5-8H,4,9H2,1-3H3. The molecule has 0 unspecified atom stereocenters. The van der Waals surface area contributed by atoms with Crippen LogP contribution in [0.1, 0.15) is 13.3 Å². The van der Waals surface area contributed by atoms with E-state index in [4.69, 9.17) is 4.74 Å². The monoisotopic (exact) mass is 263 g/mol. The zero-order valence-electron chi connectivity index (χ0n) is 10.9. The van der Waals surface area contributed by atoms with Crippen molar-refractivity contribution < 1.29 is 4.74 Å². The van der Waals surface area contributed by atoms with Crippen molar-refractivity contribution in [1.29, 1.82) is 0 Å². The minimum absolute atomic E-state index is 0.849. The van der Waals surface area contributed by atoms with Gasteiger partial charge in [0.2, 0.25) is 0 Å². The summed E-state index contributed by atoms with van der Waals surface area (Å²) < 4.78 is 7.18. The normalized spacial score (nSPS) is 10.6. The van der Waals surface area contributed by atoms with Gasteiger partial charge in [0.05, 0.1) is 7.11 Å². The predicted octanol–water partition coefficient (Wildman–Crippen LogP) is 2.99. The molecule has 4 nitrogen and oxygen atoms in total. The van der Waals surface area contributed by atoms with E-state index in [0.29, 0.717) is 0 Å². The molecule has 2 rings (SSSR count). The Morgan fingerprint density at radius 2 is 1.94 bits per heavy atom. The number of benzene rings is 1.